The molecule has 0 atom stereocenters. The highest BCUT2D eigenvalue weighted by Gasteiger charge is 2.08. The van der Waals surface area contributed by atoms with Crippen LogP contribution in [0.5, 0.6) is 5.75 Å². The molecule has 0 unspecified atom stereocenters. The Hall–Kier alpha value is -2.67. The fourth-order valence-corrected chi connectivity index (χ4v) is 2.67. The summed E-state index contributed by atoms with van der Waals surface area (Å²) >= 11 is 1.39. The van der Waals surface area contributed by atoms with Crippen molar-refractivity contribution in [1.29, 1.82) is 0 Å². The maximum atomic E-state index is 11.9. The molecular formula is C14H12N4O2S. The highest BCUT2D eigenvalue weighted by Crippen LogP contribution is 2.29. The number of benzene rings is 1. The first-order valence-electron chi connectivity index (χ1n) is 6.17. The topological polar surface area (TPSA) is 76.1 Å². The molecule has 0 aliphatic carbocycles. The van der Waals surface area contributed by atoms with Gasteiger partial charge in [0.05, 0.1) is 29.2 Å². The van der Waals surface area contributed by atoms with E-state index in [0.29, 0.717) is 10.8 Å². The van der Waals surface area contributed by atoms with Crippen molar-refractivity contribution in [2.45, 2.75) is 0 Å². The van der Waals surface area contributed by atoms with Crippen LogP contribution < -0.4 is 15.4 Å². The number of aromatic nitrogens is 2. The smallest absolute Gasteiger partial charge is 0.325 e. The van der Waals surface area contributed by atoms with Crippen LogP contribution in [0.2, 0.25) is 0 Å². The van der Waals surface area contributed by atoms with Crippen LogP contribution in [0.25, 0.3) is 10.2 Å². The maximum absolute atomic E-state index is 11.9. The fraction of sp³-hybridized carbons (Fsp3) is 0.0714. The van der Waals surface area contributed by atoms with Crippen LogP contribution in [0.15, 0.2) is 42.7 Å². The molecule has 106 valence electrons. The minimum absolute atomic E-state index is 0.353. The van der Waals surface area contributed by atoms with Gasteiger partial charge in [-0.15, -0.1) is 0 Å². The molecule has 6 nitrogen and oxygen atoms in total. The first-order valence-corrected chi connectivity index (χ1v) is 6.99. The molecular weight excluding hydrogens is 288 g/mol. The van der Waals surface area contributed by atoms with Crippen molar-refractivity contribution in [3.05, 3.63) is 42.7 Å². The van der Waals surface area contributed by atoms with Crippen LogP contribution in [0.4, 0.5) is 15.6 Å². The number of anilines is 2. The molecule has 7 heteroatoms. The number of urea groups is 1. The lowest BCUT2D eigenvalue weighted by molar-refractivity contribution is 0.262. The molecule has 1 aromatic carbocycles. The molecule has 21 heavy (non-hydrogen) atoms. The van der Waals surface area contributed by atoms with E-state index in [2.05, 4.69) is 20.6 Å². The van der Waals surface area contributed by atoms with Gasteiger partial charge in [-0.05, 0) is 30.3 Å². The number of rotatable bonds is 3. The zero-order valence-corrected chi connectivity index (χ0v) is 12.0. The Morgan fingerprint density at radius 2 is 2.19 bits per heavy atom. The number of carbonyl (C=O) groups excluding carboxylic acids is 1. The normalized spacial score (nSPS) is 10.3. The van der Waals surface area contributed by atoms with Gasteiger partial charge in [-0.25, -0.2) is 9.78 Å². The summed E-state index contributed by atoms with van der Waals surface area (Å²) in [7, 11) is 1.61. The second kappa shape index (κ2) is 5.76. The van der Waals surface area contributed by atoms with Crippen LogP contribution in [0.3, 0.4) is 0 Å². The average Bonchev–Trinajstić information content (AvgIpc) is 2.89. The van der Waals surface area contributed by atoms with Gasteiger partial charge in [-0.1, -0.05) is 11.3 Å². The molecule has 2 heterocycles. The number of nitrogens with one attached hydrogen (secondary N) is 2. The molecule has 0 fully saturated rings. The number of nitrogens with zero attached hydrogens (tertiary/aromatic N) is 2. The van der Waals surface area contributed by atoms with Gasteiger partial charge in [-0.2, -0.15) is 0 Å². The SMILES string of the molecule is COc1ccc2nc(NC(=O)Nc3cccnc3)sc2c1. The third kappa shape index (κ3) is 3.09. The number of carbonyl (C=O) groups is 1. The number of ether oxygens (including phenoxy) is 1. The fourth-order valence-electron chi connectivity index (χ4n) is 1.78. The molecule has 0 aliphatic heterocycles. The Bertz CT molecular complexity index is 773. The Morgan fingerprint density at radius 1 is 1.29 bits per heavy atom. The van der Waals surface area contributed by atoms with E-state index >= 15 is 0 Å². The molecule has 3 rings (SSSR count). The Balaban J connectivity index is 1.74. The number of fused-ring (bicyclic) bond motifs is 1. The average molecular weight is 300 g/mol. The summed E-state index contributed by atoms with van der Waals surface area (Å²) in [5.74, 6) is 0.762. The predicted molar refractivity (Wildman–Crippen MR) is 83.1 cm³/mol. The van der Waals surface area contributed by atoms with Gasteiger partial charge >= 0.3 is 6.03 Å². The van der Waals surface area contributed by atoms with E-state index in [4.69, 9.17) is 4.74 Å². The third-order valence-electron chi connectivity index (χ3n) is 2.74. The van der Waals surface area contributed by atoms with Crippen molar-refractivity contribution in [3.8, 4) is 5.75 Å². The number of thiazole rings is 1. The molecule has 0 aliphatic rings. The summed E-state index contributed by atoms with van der Waals surface area (Å²) in [6, 6.07) is 8.73. The molecule has 3 aromatic rings. The standard InChI is InChI=1S/C14H12N4O2S/c1-20-10-4-5-11-12(7-10)21-14(17-11)18-13(19)16-9-3-2-6-15-8-9/h2-8H,1H3,(H2,16,17,18,19). The van der Waals surface area contributed by atoms with E-state index in [9.17, 15) is 4.79 Å². The highest BCUT2D eigenvalue weighted by atomic mass is 32.1. The van der Waals surface area contributed by atoms with Gasteiger partial charge in [0.1, 0.15) is 5.75 Å². The number of hydrogen-bond acceptors (Lipinski definition) is 5. The molecule has 2 N–H and O–H groups in total. The molecule has 0 radical (unpaired) electrons. The van der Waals surface area contributed by atoms with Crippen LogP contribution >= 0.6 is 11.3 Å². The van der Waals surface area contributed by atoms with Crippen LogP contribution in [0, 0.1) is 0 Å². The zero-order chi connectivity index (χ0) is 14.7. The number of methoxy groups -OCH3 is 1. The lowest BCUT2D eigenvalue weighted by Crippen LogP contribution is -2.19. The van der Waals surface area contributed by atoms with Crippen molar-refractivity contribution in [2.24, 2.45) is 0 Å². The van der Waals surface area contributed by atoms with Crippen molar-refractivity contribution in [3.63, 3.8) is 0 Å². The van der Waals surface area contributed by atoms with Crippen LogP contribution in [0.1, 0.15) is 0 Å². The largest absolute Gasteiger partial charge is 0.497 e. The minimum atomic E-state index is -0.353. The maximum Gasteiger partial charge on any atom is 0.325 e. The minimum Gasteiger partial charge on any atom is -0.497 e. The quantitative estimate of drug-likeness (QED) is 0.777. The van der Waals surface area contributed by atoms with Crippen molar-refractivity contribution >= 4 is 38.4 Å². The lowest BCUT2D eigenvalue weighted by Gasteiger charge is -2.03. The molecule has 2 aromatic heterocycles. The van der Waals surface area contributed by atoms with Gasteiger partial charge < -0.3 is 10.1 Å². The second-order valence-corrected chi connectivity index (χ2v) is 5.20. The summed E-state index contributed by atoms with van der Waals surface area (Å²) < 4.78 is 6.11. The van der Waals surface area contributed by atoms with Gasteiger partial charge in [0, 0.05) is 6.20 Å². The first kappa shape index (κ1) is 13.3. The van der Waals surface area contributed by atoms with E-state index < -0.39 is 0 Å². The molecule has 0 saturated carbocycles. The lowest BCUT2D eigenvalue weighted by atomic mass is 10.3. The Labute approximate surface area is 124 Å². The van der Waals surface area contributed by atoms with Crippen molar-refractivity contribution in [2.75, 3.05) is 17.7 Å². The molecule has 0 bridgehead atoms. The summed E-state index contributed by atoms with van der Waals surface area (Å²) in [4.78, 5) is 20.1. The second-order valence-electron chi connectivity index (χ2n) is 4.17. The zero-order valence-electron chi connectivity index (χ0n) is 11.2. The van der Waals surface area contributed by atoms with E-state index in [1.165, 1.54) is 11.3 Å². The van der Waals surface area contributed by atoms with E-state index in [0.717, 1.165) is 16.0 Å². The number of amides is 2. The van der Waals surface area contributed by atoms with Gasteiger partial charge in [-0.3, -0.25) is 10.3 Å². The van der Waals surface area contributed by atoms with E-state index in [1.807, 2.05) is 18.2 Å². The van der Waals surface area contributed by atoms with E-state index in [-0.39, 0.29) is 6.03 Å². The van der Waals surface area contributed by atoms with Gasteiger partial charge in [0.15, 0.2) is 5.13 Å². The van der Waals surface area contributed by atoms with Crippen LogP contribution in [-0.2, 0) is 0 Å². The highest BCUT2D eigenvalue weighted by molar-refractivity contribution is 7.22. The van der Waals surface area contributed by atoms with Crippen LogP contribution in [-0.4, -0.2) is 23.1 Å². The number of pyridine rings is 1. The molecule has 0 saturated heterocycles. The first-order chi connectivity index (χ1) is 10.2. The predicted octanol–water partition coefficient (Wildman–Crippen LogP) is 3.34. The van der Waals surface area contributed by atoms with E-state index in [1.54, 1.807) is 31.6 Å². The van der Waals surface area contributed by atoms with Crippen molar-refractivity contribution in [1.82, 2.24) is 9.97 Å². The Kier molecular flexibility index (Phi) is 3.65. The van der Waals surface area contributed by atoms with Gasteiger partial charge in [0.2, 0.25) is 0 Å². The summed E-state index contributed by atoms with van der Waals surface area (Å²) in [5, 5.41) is 5.92. The summed E-state index contributed by atoms with van der Waals surface area (Å²) in [5.41, 5.74) is 1.44. The van der Waals surface area contributed by atoms with Crippen molar-refractivity contribution < 1.29 is 9.53 Å². The third-order valence-corrected chi connectivity index (χ3v) is 3.67. The summed E-state index contributed by atoms with van der Waals surface area (Å²) in [6.07, 6.45) is 3.22. The molecule has 2 amide bonds. The molecule has 0 spiro atoms. The number of hydrogen-bond donors (Lipinski definition) is 2. The Morgan fingerprint density at radius 3 is 2.95 bits per heavy atom. The monoisotopic (exact) mass is 300 g/mol. The van der Waals surface area contributed by atoms with Gasteiger partial charge in [0.25, 0.3) is 0 Å². The summed E-state index contributed by atoms with van der Waals surface area (Å²) in [6.45, 7) is 0.